The van der Waals surface area contributed by atoms with Gasteiger partial charge in [-0.05, 0) is 55.5 Å². The van der Waals surface area contributed by atoms with Crippen molar-refractivity contribution >= 4 is 15.9 Å². The van der Waals surface area contributed by atoms with E-state index in [9.17, 15) is 17.6 Å². The van der Waals surface area contributed by atoms with Crippen molar-refractivity contribution in [2.45, 2.75) is 36.6 Å². The maximum absolute atomic E-state index is 14.0. The molecule has 0 aromatic heterocycles. The van der Waals surface area contributed by atoms with Crippen LogP contribution in [0.4, 0.5) is 4.39 Å². The summed E-state index contributed by atoms with van der Waals surface area (Å²) in [6.07, 6.45) is 2.72. The fourth-order valence-electron chi connectivity index (χ4n) is 4.60. The molecule has 8 heteroatoms. The number of carbonyl (C=O) groups excluding carboxylic acids is 1. The number of hydrogen-bond acceptors (Lipinski definition) is 4. The molecule has 1 unspecified atom stereocenters. The van der Waals surface area contributed by atoms with Crippen molar-refractivity contribution in [1.82, 2.24) is 9.21 Å². The molecule has 2 aromatic rings. The van der Waals surface area contributed by atoms with Gasteiger partial charge in [-0.15, -0.1) is 0 Å². The Morgan fingerprint density at radius 3 is 2.48 bits per heavy atom. The first kappa shape index (κ1) is 21.8. The number of likely N-dealkylation sites (tertiary alicyclic amines) is 1. The van der Waals surface area contributed by atoms with Crippen molar-refractivity contribution in [3.05, 3.63) is 59.9 Å². The van der Waals surface area contributed by atoms with Crippen molar-refractivity contribution in [2.24, 2.45) is 5.92 Å². The van der Waals surface area contributed by atoms with Gasteiger partial charge < -0.3 is 9.64 Å². The van der Waals surface area contributed by atoms with Gasteiger partial charge in [-0.1, -0.05) is 24.3 Å². The highest BCUT2D eigenvalue weighted by Gasteiger charge is 2.38. The molecule has 6 nitrogen and oxygen atoms in total. The molecule has 1 atom stereocenters. The molecule has 0 N–H and O–H groups in total. The van der Waals surface area contributed by atoms with Crippen LogP contribution in [0.1, 0.15) is 37.3 Å². The van der Waals surface area contributed by atoms with E-state index >= 15 is 0 Å². The summed E-state index contributed by atoms with van der Waals surface area (Å²) in [5.74, 6) is -0.131. The number of amides is 1. The summed E-state index contributed by atoms with van der Waals surface area (Å²) in [6, 6.07) is 13.2. The van der Waals surface area contributed by atoms with Crippen LogP contribution >= 0.6 is 0 Å². The minimum Gasteiger partial charge on any atom is -0.497 e. The zero-order chi connectivity index (χ0) is 22.0. The van der Waals surface area contributed by atoms with Gasteiger partial charge in [0.1, 0.15) is 16.5 Å². The second kappa shape index (κ2) is 8.96. The molecule has 4 rings (SSSR count). The van der Waals surface area contributed by atoms with Crippen LogP contribution in [-0.4, -0.2) is 50.3 Å². The van der Waals surface area contributed by atoms with Crippen molar-refractivity contribution in [3.63, 3.8) is 0 Å². The Bertz CT molecular complexity index is 1050. The highest BCUT2D eigenvalue weighted by Crippen LogP contribution is 2.36. The molecule has 2 aliphatic rings. The molecule has 2 heterocycles. The number of piperidine rings is 1. The average Bonchev–Trinajstić information content (AvgIpc) is 3.29. The SMILES string of the molecule is COc1cccc(C2CCCN2C(=O)C2CCN(S(=O)(=O)c3ccccc3F)CC2)c1. The summed E-state index contributed by atoms with van der Waals surface area (Å²) in [4.78, 5) is 14.9. The smallest absolute Gasteiger partial charge is 0.245 e. The topological polar surface area (TPSA) is 66.9 Å². The molecule has 2 aromatic carbocycles. The summed E-state index contributed by atoms with van der Waals surface area (Å²) in [5.41, 5.74) is 1.06. The van der Waals surface area contributed by atoms with Crippen LogP contribution in [0.25, 0.3) is 0 Å². The number of halogens is 1. The monoisotopic (exact) mass is 446 g/mol. The predicted molar refractivity (Wildman–Crippen MR) is 115 cm³/mol. The molecule has 0 bridgehead atoms. The summed E-state index contributed by atoms with van der Waals surface area (Å²) < 4.78 is 46.3. The van der Waals surface area contributed by atoms with E-state index in [4.69, 9.17) is 4.74 Å². The number of hydrogen-bond donors (Lipinski definition) is 0. The van der Waals surface area contributed by atoms with Gasteiger partial charge in [0.25, 0.3) is 0 Å². The van der Waals surface area contributed by atoms with Crippen molar-refractivity contribution < 1.29 is 22.3 Å². The van der Waals surface area contributed by atoms with Crippen molar-refractivity contribution in [1.29, 1.82) is 0 Å². The quantitative estimate of drug-likeness (QED) is 0.704. The van der Waals surface area contributed by atoms with Gasteiger partial charge in [0.05, 0.1) is 13.2 Å². The molecular weight excluding hydrogens is 419 g/mol. The Hall–Kier alpha value is -2.45. The second-order valence-electron chi connectivity index (χ2n) is 8.08. The normalized spacial score (nSPS) is 20.7. The van der Waals surface area contributed by atoms with Crippen molar-refractivity contribution in [2.75, 3.05) is 26.7 Å². The highest BCUT2D eigenvalue weighted by atomic mass is 32.2. The fraction of sp³-hybridized carbons (Fsp3) is 0.435. The van der Waals surface area contributed by atoms with Crippen LogP contribution in [-0.2, 0) is 14.8 Å². The molecule has 2 fully saturated rings. The number of ether oxygens (including phenoxy) is 1. The Labute approximate surface area is 182 Å². The molecule has 2 aliphatic heterocycles. The van der Waals surface area contributed by atoms with E-state index in [2.05, 4.69) is 0 Å². The lowest BCUT2D eigenvalue weighted by Gasteiger charge is -2.34. The molecule has 166 valence electrons. The van der Waals surface area contributed by atoms with Crippen LogP contribution < -0.4 is 4.74 Å². The lowest BCUT2D eigenvalue weighted by atomic mass is 9.95. The van der Waals surface area contributed by atoms with Crippen LogP contribution in [0, 0.1) is 11.7 Å². The maximum atomic E-state index is 14.0. The standard InChI is InChI=1S/C23H27FN2O4S/c1-30-19-7-4-6-18(16-19)21-9-5-13-26(21)23(27)17-11-14-25(15-12-17)31(28,29)22-10-3-2-8-20(22)24/h2-4,6-8,10,16-17,21H,5,9,11-15H2,1H3. The Kier molecular flexibility index (Phi) is 6.29. The molecule has 0 radical (unpaired) electrons. The van der Waals surface area contributed by atoms with E-state index in [1.807, 2.05) is 29.2 Å². The van der Waals surface area contributed by atoms with Crippen LogP contribution in [0.5, 0.6) is 5.75 Å². The van der Waals surface area contributed by atoms with Crippen LogP contribution in [0.3, 0.4) is 0 Å². The zero-order valence-electron chi connectivity index (χ0n) is 17.5. The lowest BCUT2D eigenvalue weighted by Crippen LogP contribution is -2.44. The first-order valence-electron chi connectivity index (χ1n) is 10.6. The van der Waals surface area contributed by atoms with Gasteiger partial charge in [0, 0.05) is 25.6 Å². The largest absolute Gasteiger partial charge is 0.497 e. The van der Waals surface area contributed by atoms with Crippen LogP contribution in [0.15, 0.2) is 53.4 Å². The molecule has 1 amide bonds. The summed E-state index contributed by atoms with van der Waals surface area (Å²) in [6.45, 7) is 1.13. The molecule has 0 saturated carbocycles. The Balaban J connectivity index is 1.44. The lowest BCUT2D eigenvalue weighted by molar-refractivity contribution is -0.137. The van der Waals surface area contributed by atoms with Gasteiger partial charge in [-0.2, -0.15) is 4.31 Å². The second-order valence-corrected chi connectivity index (χ2v) is 9.98. The highest BCUT2D eigenvalue weighted by molar-refractivity contribution is 7.89. The van der Waals surface area contributed by atoms with Gasteiger partial charge >= 0.3 is 0 Å². The first-order chi connectivity index (χ1) is 14.9. The number of sulfonamides is 1. The third-order valence-corrected chi connectivity index (χ3v) is 8.20. The van der Waals surface area contributed by atoms with Gasteiger partial charge in [0.2, 0.25) is 15.9 Å². The Morgan fingerprint density at radius 1 is 1.03 bits per heavy atom. The van der Waals surface area contributed by atoms with E-state index in [0.29, 0.717) is 19.4 Å². The molecule has 0 spiro atoms. The van der Waals surface area contributed by atoms with Gasteiger partial charge in [-0.3, -0.25) is 4.79 Å². The predicted octanol–water partition coefficient (Wildman–Crippen LogP) is 3.60. The van der Waals surface area contributed by atoms with Gasteiger partial charge in [0.15, 0.2) is 0 Å². The zero-order valence-corrected chi connectivity index (χ0v) is 18.4. The molecule has 2 saturated heterocycles. The number of methoxy groups -OCH3 is 1. The van der Waals surface area contributed by atoms with E-state index in [1.165, 1.54) is 22.5 Å². The number of benzene rings is 2. The fourth-order valence-corrected chi connectivity index (χ4v) is 6.13. The summed E-state index contributed by atoms with van der Waals surface area (Å²) >= 11 is 0. The minimum absolute atomic E-state index is 0.0165. The van der Waals surface area contributed by atoms with Gasteiger partial charge in [-0.25, -0.2) is 12.8 Å². The summed E-state index contributed by atoms with van der Waals surface area (Å²) in [5, 5.41) is 0. The van der Waals surface area contributed by atoms with E-state index in [-0.39, 0.29) is 35.9 Å². The number of rotatable bonds is 5. The minimum atomic E-state index is -3.90. The average molecular weight is 447 g/mol. The van der Waals surface area contributed by atoms with E-state index < -0.39 is 15.8 Å². The number of nitrogens with zero attached hydrogens (tertiary/aromatic N) is 2. The third kappa shape index (κ3) is 4.32. The molecule has 0 aliphatic carbocycles. The third-order valence-electron chi connectivity index (χ3n) is 6.27. The van der Waals surface area contributed by atoms with E-state index in [1.54, 1.807) is 7.11 Å². The number of carbonyl (C=O) groups is 1. The van der Waals surface area contributed by atoms with Crippen LogP contribution in [0.2, 0.25) is 0 Å². The summed E-state index contributed by atoms with van der Waals surface area (Å²) in [7, 11) is -2.28. The van der Waals surface area contributed by atoms with Crippen molar-refractivity contribution in [3.8, 4) is 5.75 Å². The first-order valence-corrected chi connectivity index (χ1v) is 12.0. The molecular formula is C23H27FN2O4S. The van der Waals surface area contributed by atoms with E-state index in [0.717, 1.165) is 30.2 Å². The Morgan fingerprint density at radius 2 is 1.77 bits per heavy atom. The molecule has 31 heavy (non-hydrogen) atoms. The maximum Gasteiger partial charge on any atom is 0.245 e.